The number of piperidine rings is 1. The lowest BCUT2D eigenvalue weighted by Crippen LogP contribution is -2.43. The van der Waals surface area contributed by atoms with Gasteiger partial charge in [0, 0.05) is 36.6 Å². The van der Waals surface area contributed by atoms with Gasteiger partial charge in [-0.05, 0) is 43.9 Å². The van der Waals surface area contributed by atoms with Crippen LogP contribution in [0.3, 0.4) is 0 Å². The molecule has 0 unspecified atom stereocenters. The number of anilines is 3. The minimum Gasteiger partial charge on any atom is -0.355 e. The van der Waals surface area contributed by atoms with Gasteiger partial charge < -0.3 is 16.0 Å². The molecule has 27 heavy (non-hydrogen) atoms. The number of nitrogens with one attached hydrogen (secondary N) is 1. The Labute approximate surface area is 159 Å². The van der Waals surface area contributed by atoms with Crippen LogP contribution in [0.1, 0.15) is 43.9 Å². The van der Waals surface area contributed by atoms with Crippen LogP contribution < -0.4 is 16.0 Å². The van der Waals surface area contributed by atoms with Gasteiger partial charge in [-0.3, -0.25) is 0 Å². The Morgan fingerprint density at radius 3 is 2.96 bits per heavy atom. The molecule has 6 nitrogen and oxygen atoms in total. The lowest BCUT2D eigenvalue weighted by atomic mass is 10.1. The van der Waals surface area contributed by atoms with Crippen LogP contribution in [0, 0.1) is 17.1 Å². The highest BCUT2D eigenvalue weighted by atomic mass is 19.1. The van der Waals surface area contributed by atoms with Crippen LogP contribution in [0.25, 0.3) is 0 Å². The summed E-state index contributed by atoms with van der Waals surface area (Å²) in [6.07, 6.45) is 5.07. The molecule has 0 amide bonds. The molecule has 3 rings (SSSR count). The minimum atomic E-state index is -0.538. The predicted octanol–water partition coefficient (Wildman–Crippen LogP) is 3.50. The molecule has 0 spiro atoms. The van der Waals surface area contributed by atoms with Crippen molar-refractivity contribution < 1.29 is 4.39 Å². The summed E-state index contributed by atoms with van der Waals surface area (Å²) in [6.45, 7) is 3.85. The van der Waals surface area contributed by atoms with Crippen LogP contribution in [0.15, 0.2) is 24.3 Å². The smallest absolute Gasteiger partial charge is 0.229 e. The predicted molar refractivity (Wildman–Crippen MR) is 104 cm³/mol. The first-order valence-electron chi connectivity index (χ1n) is 9.44. The van der Waals surface area contributed by atoms with Crippen molar-refractivity contribution in [3.8, 4) is 6.07 Å². The summed E-state index contributed by atoms with van der Waals surface area (Å²) in [5, 5.41) is 12.1. The maximum absolute atomic E-state index is 13.6. The largest absolute Gasteiger partial charge is 0.355 e. The molecule has 0 saturated carbocycles. The molecule has 0 radical (unpaired) electrons. The number of rotatable bonds is 6. The Morgan fingerprint density at radius 1 is 1.37 bits per heavy atom. The van der Waals surface area contributed by atoms with Crippen molar-refractivity contribution >= 4 is 17.5 Å². The van der Waals surface area contributed by atoms with E-state index in [4.69, 9.17) is 11.0 Å². The van der Waals surface area contributed by atoms with E-state index >= 15 is 0 Å². The van der Waals surface area contributed by atoms with E-state index in [0.29, 0.717) is 11.6 Å². The maximum atomic E-state index is 13.6. The highest BCUT2D eigenvalue weighted by molar-refractivity contribution is 5.58. The molecule has 1 aliphatic heterocycles. The van der Waals surface area contributed by atoms with Crippen LogP contribution in [-0.2, 0) is 6.42 Å². The average molecular weight is 368 g/mol. The SMILES string of the molecule is CCCCc1cc(N2CCC[C@@H](N)C2)nc(Nc2ccc(F)c(C#N)c2)n1. The lowest BCUT2D eigenvalue weighted by Gasteiger charge is -2.32. The lowest BCUT2D eigenvalue weighted by molar-refractivity contribution is 0.503. The number of aryl methyl sites for hydroxylation is 1. The van der Waals surface area contributed by atoms with Gasteiger partial charge in [-0.15, -0.1) is 0 Å². The van der Waals surface area contributed by atoms with Gasteiger partial charge in [-0.25, -0.2) is 9.37 Å². The van der Waals surface area contributed by atoms with E-state index in [1.54, 1.807) is 6.07 Å². The number of benzene rings is 1. The molecule has 2 aromatic rings. The van der Waals surface area contributed by atoms with Gasteiger partial charge in [0.2, 0.25) is 5.95 Å². The summed E-state index contributed by atoms with van der Waals surface area (Å²) in [7, 11) is 0. The van der Waals surface area contributed by atoms with E-state index in [2.05, 4.69) is 27.1 Å². The molecule has 1 atom stereocenters. The van der Waals surface area contributed by atoms with Crippen LogP contribution in [0.4, 0.5) is 21.8 Å². The molecule has 1 aromatic heterocycles. The zero-order valence-corrected chi connectivity index (χ0v) is 15.6. The van der Waals surface area contributed by atoms with Crippen molar-refractivity contribution in [1.29, 1.82) is 5.26 Å². The molecule has 7 heteroatoms. The number of nitrogens with zero attached hydrogens (tertiary/aromatic N) is 4. The second-order valence-electron chi connectivity index (χ2n) is 6.92. The summed E-state index contributed by atoms with van der Waals surface area (Å²) in [4.78, 5) is 11.4. The number of hydrogen-bond acceptors (Lipinski definition) is 6. The summed E-state index contributed by atoms with van der Waals surface area (Å²) >= 11 is 0. The Kier molecular flexibility index (Phi) is 6.20. The van der Waals surface area contributed by atoms with Crippen LogP contribution >= 0.6 is 0 Å². The van der Waals surface area contributed by atoms with Crippen molar-refractivity contribution in [2.45, 2.75) is 45.1 Å². The number of hydrogen-bond donors (Lipinski definition) is 2. The van der Waals surface area contributed by atoms with Crippen molar-refractivity contribution in [1.82, 2.24) is 9.97 Å². The molecule has 1 aliphatic rings. The van der Waals surface area contributed by atoms with Gasteiger partial charge in [0.05, 0.1) is 5.56 Å². The van der Waals surface area contributed by atoms with E-state index in [0.717, 1.165) is 56.7 Å². The molecule has 2 heterocycles. The molecule has 1 saturated heterocycles. The van der Waals surface area contributed by atoms with Gasteiger partial charge in [-0.2, -0.15) is 10.2 Å². The van der Waals surface area contributed by atoms with E-state index in [1.807, 2.05) is 12.1 Å². The monoisotopic (exact) mass is 368 g/mol. The summed E-state index contributed by atoms with van der Waals surface area (Å²) in [6, 6.07) is 8.35. The zero-order chi connectivity index (χ0) is 19.2. The van der Waals surface area contributed by atoms with Crippen LogP contribution in [0.2, 0.25) is 0 Å². The molecule has 1 aromatic carbocycles. The second kappa shape index (κ2) is 8.78. The van der Waals surface area contributed by atoms with Gasteiger partial charge in [-0.1, -0.05) is 13.3 Å². The highest BCUT2D eigenvalue weighted by Crippen LogP contribution is 2.23. The Balaban J connectivity index is 1.89. The Morgan fingerprint density at radius 2 is 2.22 bits per heavy atom. The first-order chi connectivity index (χ1) is 13.1. The quantitative estimate of drug-likeness (QED) is 0.811. The molecular weight excluding hydrogens is 343 g/mol. The Hall–Kier alpha value is -2.72. The number of nitriles is 1. The van der Waals surface area contributed by atoms with Gasteiger partial charge >= 0.3 is 0 Å². The fourth-order valence-electron chi connectivity index (χ4n) is 3.22. The van der Waals surface area contributed by atoms with E-state index in [1.165, 1.54) is 12.1 Å². The van der Waals surface area contributed by atoms with Gasteiger partial charge in [0.15, 0.2) is 0 Å². The molecule has 0 bridgehead atoms. The minimum absolute atomic E-state index is 0.00985. The number of aromatic nitrogens is 2. The highest BCUT2D eigenvalue weighted by Gasteiger charge is 2.19. The van der Waals surface area contributed by atoms with E-state index in [9.17, 15) is 4.39 Å². The van der Waals surface area contributed by atoms with Gasteiger partial charge in [0.25, 0.3) is 0 Å². The van der Waals surface area contributed by atoms with E-state index < -0.39 is 5.82 Å². The Bertz CT molecular complexity index is 832. The molecule has 0 aliphatic carbocycles. The third kappa shape index (κ3) is 4.92. The first-order valence-corrected chi connectivity index (χ1v) is 9.44. The second-order valence-corrected chi connectivity index (χ2v) is 6.92. The first kappa shape index (κ1) is 19.1. The topological polar surface area (TPSA) is 90.9 Å². The molecule has 3 N–H and O–H groups in total. The normalized spacial score (nSPS) is 16.8. The summed E-state index contributed by atoms with van der Waals surface area (Å²) in [5.41, 5.74) is 7.66. The van der Waals surface area contributed by atoms with Crippen molar-refractivity contribution in [3.05, 3.63) is 41.3 Å². The number of nitrogens with two attached hydrogens (primary N) is 1. The van der Waals surface area contributed by atoms with Crippen LogP contribution in [0.5, 0.6) is 0 Å². The third-order valence-corrected chi connectivity index (χ3v) is 4.68. The fraction of sp³-hybridized carbons (Fsp3) is 0.450. The van der Waals surface area contributed by atoms with Gasteiger partial charge in [0.1, 0.15) is 17.7 Å². The fourth-order valence-corrected chi connectivity index (χ4v) is 3.22. The number of unbranched alkanes of at least 4 members (excludes halogenated alkanes) is 1. The molecule has 1 fully saturated rings. The zero-order valence-electron chi connectivity index (χ0n) is 15.6. The summed E-state index contributed by atoms with van der Waals surface area (Å²) in [5.74, 6) is 0.772. The summed E-state index contributed by atoms with van der Waals surface area (Å²) < 4.78 is 13.6. The van der Waals surface area contributed by atoms with Crippen molar-refractivity contribution in [2.24, 2.45) is 5.73 Å². The average Bonchev–Trinajstić information content (AvgIpc) is 2.67. The molecule has 142 valence electrons. The van der Waals surface area contributed by atoms with Crippen molar-refractivity contribution in [3.63, 3.8) is 0 Å². The van der Waals surface area contributed by atoms with Crippen molar-refractivity contribution in [2.75, 3.05) is 23.3 Å². The molecular formula is C20H25FN6. The standard InChI is InChI=1S/C20H25FN6/c1-2-3-6-16-11-19(27-9-4-5-15(23)13-27)26-20(24-16)25-17-7-8-18(21)14(10-17)12-22/h7-8,10-11,15H,2-6,9,13,23H2,1H3,(H,24,25,26)/t15-/m1/s1. The third-order valence-electron chi connectivity index (χ3n) is 4.68. The van der Waals surface area contributed by atoms with E-state index in [-0.39, 0.29) is 11.6 Å². The maximum Gasteiger partial charge on any atom is 0.229 e. The number of halogens is 1. The van der Waals surface area contributed by atoms with Crippen LogP contribution in [-0.4, -0.2) is 29.1 Å².